The molecule has 3 nitrogen and oxygen atoms in total. The van der Waals surface area contributed by atoms with Crippen molar-refractivity contribution in [2.24, 2.45) is 0 Å². The third-order valence-electron chi connectivity index (χ3n) is 2.05. The molecule has 1 N–H and O–H groups in total. The molecule has 2 heterocycles. The maximum Gasteiger partial charge on any atom is 0.155 e. The van der Waals surface area contributed by atoms with Crippen molar-refractivity contribution >= 4 is 0 Å². The van der Waals surface area contributed by atoms with E-state index in [-0.39, 0.29) is 5.69 Å². The van der Waals surface area contributed by atoms with Crippen molar-refractivity contribution in [2.75, 3.05) is 6.61 Å². The van der Waals surface area contributed by atoms with Gasteiger partial charge in [0.1, 0.15) is 17.3 Å². The quantitative estimate of drug-likeness (QED) is 0.778. The lowest BCUT2D eigenvalue weighted by molar-refractivity contribution is 0.113. The average molecular weight is 195 g/mol. The molecule has 0 amide bonds. The van der Waals surface area contributed by atoms with Crippen molar-refractivity contribution in [3.63, 3.8) is 0 Å². The van der Waals surface area contributed by atoms with Crippen LogP contribution < -0.4 is 0 Å². The molecule has 14 heavy (non-hydrogen) atoms. The van der Waals surface area contributed by atoms with Crippen LogP contribution in [-0.4, -0.2) is 16.7 Å². The van der Waals surface area contributed by atoms with E-state index in [1.165, 1.54) is 18.3 Å². The maximum atomic E-state index is 13.2. The summed E-state index contributed by atoms with van der Waals surface area (Å²) in [5.74, 6) is -0.126. The molecule has 1 aliphatic heterocycles. The topological polar surface area (TPSA) is 42.4 Å². The molecule has 4 heteroatoms. The molecule has 2 rings (SSSR count). The smallest absolute Gasteiger partial charge is 0.155 e. The summed E-state index contributed by atoms with van der Waals surface area (Å²) in [5, 5.41) is 9.71. The molecule has 1 aromatic rings. The van der Waals surface area contributed by atoms with E-state index in [0.29, 0.717) is 12.4 Å². The molecule has 0 saturated carbocycles. The lowest BCUT2D eigenvalue weighted by Gasteiger charge is -2.11. The summed E-state index contributed by atoms with van der Waals surface area (Å²) in [4.78, 5) is 3.78. The van der Waals surface area contributed by atoms with Gasteiger partial charge in [-0.1, -0.05) is 0 Å². The minimum absolute atomic E-state index is 0.0145. The fourth-order valence-corrected chi connectivity index (χ4v) is 1.36. The van der Waals surface area contributed by atoms with Crippen LogP contribution in [0.15, 0.2) is 30.2 Å². The second-order valence-electron chi connectivity index (χ2n) is 3.02. The second-order valence-corrected chi connectivity index (χ2v) is 3.02. The molecule has 0 bridgehead atoms. The van der Waals surface area contributed by atoms with Crippen molar-refractivity contribution in [2.45, 2.75) is 12.5 Å². The van der Waals surface area contributed by atoms with Crippen LogP contribution in [0.5, 0.6) is 0 Å². The number of hydrogen-bond acceptors (Lipinski definition) is 3. The van der Waals surface area contributed by atoms with Gasteiger partial charge in [-0.2, -0.15) is 0 Å². The predicted molar refractivity (Wildman–Crippen MR) is 47.8 cm³/mol. The van der Waals surface area contributed by atoms with E-state index in [1.54, 1.807) is 6.08 Å². The highest BCUT2D eigenvalue weighted by Crippen LogP contribution is 2.26. The van der Waals surface area contributed by atoms with Crippen LogP contribution in [0.4, 0.5) is 4.39 Å². The number of aliphatic hydroxyl groups is 1. The van der Waals surface area contributed by atoms with Crippen LogP contribution in [0.25, 0.3) is 0 Å². The summed E-state index contributed by atoms with van der Waals surface area (Å²) in [6, 6.07) is 2.75. The number of aromatic nitrogens is 1. The summed E-state index contributed by atoms with van der Waals surface area (Å²) in [5.41, 5.74) is 0.0145. The number of hydrogen-bond donors (Lipinski definition) is 1. The third kappa shape index (κ3) is 1.61. The van der Waals surface area contributed by atoms with Crippen LogP contribution in [0.1, 0.15) is 18.2 Å². The van der Waals surface area contributed by atoms with Crippen molar-refractivity contribution in [1.29, 1.82) is 0 Å². The minimum atomic E-state index is -1.08. The van der Waals surface area contributed by atoms with E-state index >= 15 is 0 Å². The monoisotopic (exact) mass is 195 g/mol. The molecular weight excluding hydrogens is 185 g/mol. The summed E-state index contributed by atoms with van der Waals surface area (Å²) in [6.07, 6.45) is 2.86. The minimum Gasteiger partial charge on any atom is -0.495 e. The fourth-order valence-electron chi connectivity index (χ4n) is 1.36. The number of ether oxygens (including phenoxy) is 1. The Balaban J connectivity index is 2.26. The molecule has 1 unspecified atom stereocenters. The van der Waals surface area contributed by atoms with E-state index in [4.69, 9.17) is 4.74 Å². The summed E-state index contributed by atoms with van der Waals surface area (Å²) >= 11 is 0. The molecular formula is C10H10FNO2. The molecule has 0 saturated heterocycles. The lowest BCUT2D eigenvalue weighted by atomic mass is 10.2. The van der Waals surface area contributed by atoms with Crippen molar-refractivity contribution in [1.82, 2.24) is 4.98 Å². The highest BCUT2D eigenvalue weighted by molar-refractivity contribution is 5.19. The van der Waals surface area contributed by atoms with Crippen molar-refractivity contribution in [3.8, 4) is 0 Å². The van der Waals surface area contributed by atoms with Crippen molar-refractivity contribution < 1.29 is 14.2 Å². The van der Waals surface area contributed by atoms with Crippen molar-refractivity contribution in [3.05, 3.63) is 41.7 Å². The summed E-state index contributed by atoms with van der Waals surface area (Å²) in [6.45, 7) is 0.543. The Hall–Kier alpha value is -1.42. The number of pyridine rings is 1. The highest BCUT2D eigenvalue weighted by atomic mass is 19.1. The molecule has 1 aliphatic rings. The molecule has 1 atom stereocenters. The van der Waals surface area contributed by atoms with E-state index < -0.39 is 11.9 Å². The molecule has 0 spiro atoms. The zero-order chi connectivity index (χ0) is 9.97. The van der Waals surface area contributed by atoms with E-state index in [1.807, 2.05) is 0 Å². The van der Waals surface area contributed by atoms with Gasteiger partial charge in [-0.25, -0.2) is 4.39 Å². The Labute approximate surface area is 80.9 Å². The first-order valence-electron chi connectivity index (χ1n) is 4.40. The second kappa shape index (κ2) is 3.75. The van der Waals surface area contributed by atoms with E-state index in [2.05, 4.69) is 4.98 Å². The third-order valence-corrected chi connectivity index (χ3v) is 2.05. The Kier molecular flexibility index (Phi) is 2.45. The number of rotatable bonds is 2. The van der Waals surface area contributed by atoms with Gasteiger partial charge in [-0.15, -0.1) is 0 Å². The normalized spacial score (nSPS) is 17.4. The zero-order valence-electron chi connectivity index (χ0n) is 7.48. The summed E-state index contributed by atoms with van der Waals surface area (Å²) < 4.78 is 18.3. The van der Waals surface area contributed by atoms with Gasteiger partial charge in [0, 0.05) is 12.6 Å². The lowest BCUT2D eigenvalue weighted by Crippen LogP contribution is -2.06. The standard InChI is InChI=1S/C10H10FNO2/c11-7-3-1-5-12-9(7)10(13)8-4-2-6-14-8/h1,3-5,10,13H,2,6H2. The molecule has 0 aliphatic carbocycles. The Bertz CT molecular complexity index is 365. The van der Waals surface area contributed by atoms with Crippen LogP contribution in [0, 0.1) is 5.82 Å². The first-order chi connectivity index (χ1) is 6.79. The number of nitrogens with zero attached hydrogens (tertiary/aromatic N) is 1. The van der Waals surface area contributed by atoms with Gasteiger partial charge in [-0.05, 0) is 18.2 Å². The summed E-state index contributed by atoms with van der Waals surface area (Å²) in [7, 11) is 0. The van der Waals surface area contributed by atoms with E-state index in [0.717, 1.165) is 6.42 Å². The predicted octanol–water partition coefficient (Wildman–Crippen LogP) is 1.56. The largest absolute Gasteiger partial charge is 0.495 e. The molecule has 0 radical (unpaired) electrons. The maximum absolute atomic E-state index is 13.2. The molecule has 1 aromatic heterocycles. The van der Waals surface area contributed by atoms with Gasteiger partial charge in [0.25, 0.3) is 0 Å². The average Bonchev–Trinajstić information content (AvgIpc) is 2.70. The SMILES string of the molecule is OC(C1=CCCO1)c1ncccc1F. The van der Waals surface area contributed by atoms with E-state index in [9.17, 15) is 9.50 Å². The van der Waals surface area contributed by atoms with Crippen LogP contribution in [-0.2, 0) is 4.74 Å². The molecule has 74 valence electrons. The Morgan fingerprint density at radius 1 is 1.57 bits per heavy atom. The van der Waals surface area contributed by atoms with Gasteiger partial charge in [0.05, 0.1) is 6.61 Å². The Morgan fingerprint density at radius 2 is 2.43 bits per heavy atom. The Morgan fingerprint density at radius 3 is 3.07 bits per heavy atom. The number of halogens is 1. The number of aliphatic hydroxyl groups excluding tert-OH is 1. The van der Waals surface area contributed by atoms with Crippen LogP contribution in [0.2, 0.25) is 0 Å². The van der Waals surface area contributed by atoms with Gasteiger partial charge < -0.3 is 9.84 Å². The van der Waals surface area contributed by atoms with Crippen LogP contribution in [0.3, 0.4) is 0 Å². The van der Waals surface area contributed by atoms with Gasteiger partial charge in [0.15, 0.2) is 6.10 Å². The highest BCUT2D eigenvalue weighted by Gasteiger charge is 2.21. The fraction of sp³-hybridized carbons (Fsp3) is 0.300. The molecule has 0 fully saturated rings. The first-order valence-corrected chi connectivity index (χ1v) is 4.40. The van der Waals surface area contributed by atoms with Gasteiger partial charge in [0.2, 0.25) is 0 Å². The molecule has 0 aromatic carbocycles. The van der Waals surface area contributed by atoms with Gasteiger partial charge >= 0.3 is 0 Å². The van der Waals surface area contributed by atoms with Gasteiger partial charge in [-0.3, -0.25) is 4.98 Å². The first kappa shape index (κ1) is 9.15. The zero-order valence-corrected chi connectivity index (χ0v) is 7.48. The van der Waals surface area contributed by atoms with Crippen LogP contribution >= 0.6 is 0 Å².